The maximum atomic E-state index is 11.2. The molecule has 2 heterocycles. The van der Waals surface area contributed by atoms with Gasteiger partial charge in [0.15, 0.2) is 0 Å². The van der Waals surface area contributed by atoms with Gasteiger partial charge in [0.2, 0.25) is 5.88 Å². The molecule has 28 heavy (non-hydrogen) atoms. The van der Waals surface area contributed by atoms with Crippen LogP contribution in [0.5, 0.6) is 5.88 Å². The van der Waals surface area contributed by atoms with Crippen LogP contribution in [0.25, 0.3) is 11.3 Å². The van der Waals surface area contributed by atoms with Crippen molar-refractivity contribution in [3.63, 3.8) is 0 Å². The van der Waals surface area contributed by atoms with Gasteiger partial charge < -0.3 is 9.84 Å². The van der Waals surface area contributed by atoms with Crippen molar-refractivity contribution in [2.75, 3.05) is 20.2 Å². The minimum atomic E-state index is -0.679. The SMILES string of the molecule is COc1nc(-c2cccc(Br)c2Cl)cc2c1C(N1CCC(C(=O)O)CC1)CC2. The van der Waals surface area contributed by atoms with Crippen molar-refractivity contribution < 1.29 is 14.6 Å². The average molecular weight is 466 g/mol. The molecule has 7 heteroatoms. The molecular formula is C21H22BrClN2O3. The van der Waals surface area contributed by atoms with Crippen LogP contribution < -0.4 is 4.74 Å². The molecule has 5 nitrogen and oxygen atoms in total. The predicted octanol–water partition coefficient (Wildman–Crippen LogP) is 4.96. The van der Waals surface area contributed by atoms with Crippen LogP contribution in [0.2, 0.25) is 5.02 Å². The summed E-state index contributed by atoms with van der Waals surface area (Å²) in [6.07, 6.45) is 3.35. The fourth-order valence-corrected chi connectivity index (χ4v) is 4.99. The highest BCUT2D eigenvalue weighted by molar-refractivity contribution is 9.10. The van der Waals surface area contributed by atoms with E-state index >= 15 is 0 Å². The highest BCUT2D eigenvalue weighted by Crippen LogP contribution is 2.44. The molecule has 1 aliphatic heterocycles. The van der Waals surface area contributed by atoms with Crippen LogP contribution in [0.1, 0.15) is 36.4 Å². The summed E-state index contributed by atoms with van der Waals surface area (Å²) < 4.78 is 6.52. The number of fused-ring (bicyclic) bond motifs is 1. The Bertz CT molecular complexity index is 913. The van der Waals surface area contributed by atoms with E-state index in [1.165, 1.54) is 5.56 Å². The molecule has 0 amide bonds. The minimum Gasteiger partial charge on any atom is -0.481 e. The van der Waals surface area contributed by atoms with E-state index in [1.54, 1.807) is 7.11 Å². The van der Waals surface area contributed by atoms with Crippen molar-refractivity contribution in [2.24, 2.45) is 5.92 Å². The molecule has 1 unspecified atom stereocenters. The first-order chi connectivity index (χ1) is 13.5. The van der Waals surface area contributed by atoms with Crippen LogP contribution in [0.3, 0.4) is 0 Å². The molecule has 1 aliphatic carbocycles. The van der Waals surface area contributed by atoms with E-state index in [9.17, 15) is 9.90 Å². The molecule has 0 spiro atoms. The molecule has 2 aliphatic rings. The Morgan fingerprint density at radius 1 is 1.32 bits per heavy atom. The summed E-state index contributed by atoms with van der Waals surface area (Å²) in [4.78, 5) is 18.4. The number of benzene rings is 1. The molecule has 2 aromatic rings. The number of piperidine rings is 1. The molecule has 1 aromatic carbocycles. The number of carboxylic acid groups (broad SMARTS) is 1. The number of aliphatic carboxylic acids is 1. The van der Waals surface area contributed by atoms with Crippen LogP contribution >= 0.6 is 27.5 Å². The summed E-state index contributed by atoms with van der Waals surface area (Å²) in [5.74, 6) is -0.258. The molecule has 4 rings (SSSR count). The highest BCUT2D eigenvalue weighted by atomic mass is 79.9. The largest absolute Gasteiger partial charge is 0.481 e. The van der Waals surface area contributed by atoms with E-state index in [4.69, 9.17) is 21.3 Å². The molecule has 0 bridgehead atoms. The topological polar surface area (TPSA) is 62.7 Å². The lowest BCUT2D eigenvalue weighted by Gasteiger charge is -2.35. The molecule has 1 fully saturated rings. The number of methoxy groups -OCH3 is 1. The number of hydrogen-bond acceptors (Lipinski definition) is 4. The quantitative estimate of drug-likeness (QED) is 0.692. The van der Waals surface area contributed by atoms with E-state index in [-0.39, 0.29) is 12.0 Å². The van der Waals surface area contributed by atoms with Gasteiger partial charge >= 0.3 is 5.97 Å². The third-order valence-electron chi connectivity index (χ3n) is 5.87. The molecular weight excluding hydrogens is 444 g/mol. The molecule has 1 saturated heterocycles. The fourth-order valence-electron chi connectivity index (χ4n) is 4.40. The third-order valence-corrected chi connectivity index (χ3v) is 7.17. The lowest BCUT2D eigenvalue weighted by molar-refractivity contribution is -0.143. The first-order valence-electron chi connectivity index (χ1n) is 9.48. The second-order valence-electron chi connectivity index (χ2n) is 7.39. The molecule has 1 aromatic heterocycles. The Balaban J connectivity index is 1.66. The first kappa shape index (κ1) is 19.7. The van der Waals surface area contributed by atoms with Crippen LogP contribution in [0.4, 0.5) is 0 Å². The lowest BCUT2D eigenvalue weighted by Crippen LogP contribution is -2.38. The maximum absolute atomic E-state index is 11.2. The second kappa shape index (κ2) is 8.01. The van der Waals surface area contributed by atoms with Gasteiger partial charge in [-0.1, -0.05) is 23.7 Å². The number of aryl methyl sites for hydroxylation is 1. The predicted molar refractivity (Wildman–Crippen MR) is 112 cm³/mol. The number of rotatable bonds is 4. The molecule has 1 N–H and O–H groups in total. The van der Waals surface area contributed by atoms with Gasteiger partial charge in [-0.3, -0.25) is 9.69 Å². The van der Waals surface area contributed by atoms with Crippen molar-refractivity contribution in [2.45, 2.75) is 31.7 Å². The number of ether oxygens (including phenoxy) is 1. The van der Waals surface area contributed by atoms with E-state index in [2.05, 4.69) is 26.9 Å². The van der Waals surface area contributed by atoms with Gasteiger partial charge in [-0.15, -0.1) is 0 Å². The van der Waals surface area contributed by atoms with Crippen molar-refractivity contribution in [1.82, 2.24) is 9.88 Å². The number of halogens is 2. The number of carboxylic acids is 1. The van der Waals surface area contributed by atoms with Crippen LogP contribution in [0, 0.1) is 5.92 Å². The van der Waals surface area contributed by atoms with E-state index in [1.807, 2.05) is 18.2 Å². The van der Waals surface area contributed by atoms with Crippen molar-refractivity contribution >= 4 is 33.5 Å². The van der Waals surface area contributed by atoms with E-state index in [0.717, 1.165) is 47.2 Å². The van der Waals surface area contributed by atoms with E-state index in [0.29, 0.717) is 23.7 Å². The number of carbonyl (C=O) groups is 1. The summed E-state index contributed by atoms with van der Waals surface area (Å²) in [6, 6.07) is 8.18. The zero-order valence-electron chi connectivity index (χ0n) is 15.6. The van der Waals surface area contributed by atoms with Crippen LogP contribution in [-0.4, -0.2) is 41.2 Å². The number of pyridine rings is 1. The zero-order chi connectivity index (χ0) is 19.8. The van der Waals surface area contributed by atoms with Crippen molar-refractivity contribution in [3.8, 4) is 17.1 Å². The monoisotopic (exact) mass is 464 g/mol. The highest BCUT2D eigenvalue weighted by Gasteiger charge is 2.35. The Kier molecular flexibility index (Phi) is 5.63. The fraction of sp³-hybridized carbons (Fsp3) is 0.429. The zero-order valence-corrected chi connectivity index (χ0v) is 18.0. The van der Waals surface area contributed by atoms with Gasteiger partial charge in [-0.2, -0.15) is 0 Å². The standard InChI is InChI=1S/C21H22BrClN2O3/c1-28-20-18-13(11-16(24-20)14-3-2-4-15(22)19(14)23)5-6-17(18)25-9-7-12(8-10-25)21(26)27/h2-4,11-12,17H,5-10H2,1H3,(H,26,27). The minimum absolute atomic E-state index is 0.224. The maximum Gasteiger partial charge on any atom is 0.306 e. The number of hydrogen-bond donors (Lipinski definition) is 1. The Hall–Kier alpha value is -1.63. The Morgan fingerprint density at radius 3 is 2.75 bits per heavy atom. The van der Waals surface area contributed by atoms with Gasteiger partial charge in [-0.05, 0) is 72.4 Å². The summed E-state index contributed by atoms with van der Waals surface area (Å²) in [5, 5.41) is 9.89. The summed E-state index contributed by atoms with van der Waals surface area (Å²) in [5.41, 5.74) is 4.07. The van der Waals surface area contributed by atoms with E-state index < -0.39 is 5.97 Å². The first-order valence-corrected chi connectivity index (χ1v) is 10.7. The molecule has 1 atom stereocenters. The van der Waals surface area contributed by atoms with Gasteiger partial charge in [0, 0.05) is 21.6 Å². The van der Waals surface area contributed by atoms with Crippen LogP contribution in [-0.2, 0) is 11.2 Å². The average Bonchev–Trinajstić information content (AvgIpc) is 3.13. The van der Waals surface area contributed by atoms with Crippen molar-refractivity contribution in [3.05, 3.63) is 44.9 Å². The smallest absolute Gasteiger partial charge is 0.306 e. The molecule has 148 valence electrons. The molecule has 0 radical (unpaired) electrons. The number of aromatic nitrogens is 1. The number of nitrogens with zero attached hydrogens (tertiary/aromatic N) is 2. The summed E-state index contributed by atoms with van der Waals surface area (Å²) in [7, 11) is 1.65. The van der Waals surface area contributed by atoms with Crippen molar-refractivity contribution in [1.29, 1.82) is 0 Å². The summed E-state index contributed by atoms with van der Waals surface area (Å²) in [6.45, 7) is 1.59. The van der Waals surface area contributed by atoms with Crippen LogP contribution in [0.15, 0.2) is 28.7 Å². The number of likely N-dealkylation sites (tertiary alicyclic amines) is 1. The normalized spacial score (nSPS) is 20.2. The third kappa shape index (κ3) is 3.53. The summed E-state index contributed by atoms with van der Waals surface area (Å²) >= 11 is 9.96. The Morgan fingerprint density at radius 2 is 2.07 bits per heavy atom. The molecule has 0 saturated carbocycles. The lowest BCUT2D eigenvalue weighted by atomic mass is 9.95. The van der Waals surface area contributed by atoms with Gasteiger partial charge in [0.05, 0.1) is 23.7 Å². The Labute approximate surface area is 177 Å². The van der Waals surface area contributed by atoms with Gasteiger partial charge in [0.1, 0.15) is 0 Å². The van der Waals surface area contributed by atoms with Gasteiger partial charge in [-0.25, -0.2) is 4.98 Å². The van der Waals surface area contributed by atoms with Gasteiger partial charge in [0.25, 0.3) is 0 Å². The second-order valence-corrected chi connectivity index (χ2v) is 8.63.